The molecule has 0 radical (unpaired) electrons. The summed E-state index contributed by atoms with van der Waals surface area (Å²) in [5.41, 5.74) is -1.87. The molecule has 0 saturated carbocycles. The standard InChI is InChI=1S/C27H28ClFN6O6S/c1-26(2,3)41-25(37)31-19-13-42(38,39)21-11-18(29)17(22-33-34-24(40-22)32-27(4,5)14-30)10-20(21)35(23(19)36)12-15-6-8-16(28)9-7-15/h6-11,19H,12-13H2,1-5H3,(H,31,37)(H,32,34)/t19-/m0/s1. The normalized spacial score (nSPS) is 16.7. The highest BCUT2D eigenvalue weighted by molar-refractivity contribution is 7.91. The number of carbonyl (C=O) groups excluding carboxylic acids is 2. The Morgan fingerprint density at radius 1 is 1.21 bits per heavy atom. The first kappa shape index (κ1) is 30.7. The Hall–Kier alpha value is -4.22. The van der Waals surface area contributed by atoms with E-state index >= 15 is 4.39 Å². The van der Waals surface area contributed by atoms with E-state index in [0.29, 0.717) is 10.6 Å². The highest BCUT2D eigenvalue weighted by Crippen LogP contribution is 2.37. The summed E-state index contributed by atoms with van der Waals surface area (Å²) >= 11 is 6.01. The molecule has 42 heavy (non-hydrogen) atoms. The number of benzene rings is 2. The fourth-order valence-electron chi connectivity index (χ4n) is 4.02. The zero-order valence-electron chi connectivity index (χ0n) is 23.4. The molecule has 1 aliphatic rings. The van der Waals surface area contributed by atoms with Gasteiger partial charge in [0.15, 0.2) is 9.84 Å². The fourth-order valence-corrected chi connectivity index (χ4v) is 5.76. The van der Waals surface area contributed by atoms with Crippen LogP contribution in [0, 0.1) is 17.1 Å². The number of nitrogens with one attached hydrogen (secondary N) is 2. The molecule has 2 aromatic carbocycles. The first-order valence-corrected chi connectivity index (χ1v) is 14.7. The predicted octanol–water partition coefficient (Wildman–Crippen LogP) is 4.46. The van der Waals surface area contributed by atoms with Crippen molar-refractivity contribution in [3.8, 4) is 17.5 Å². The van der Waals surface area contributed by atoms with Crippen LogP contribution in [0.1, 0.15) is 40.2 Å². The van der Waals surface area contributed by atoms with Crippen LogP contribution in [0.5, 0.6) is 0 Å². The predicted molar refractivity (Wildman–Crippen MR) is 151 cm³/mol. The minimum atomic E-state index is -4.33. The van der Waals surface area contributed by atoms with E-state index in [-0.39, 0.29) is 29.7 Å². The van der Waals surface area contributed by atoms with Crippen LogP contribution in [-0.4, -0.2) is 53.6 Å². The summed E-state index contributed by atoms with van der Waals surface area (Å²) in [5.74, 6) is -2.95. The van der Waals surface area contributed by atoms with E-state index in [1.54, 1.807) is 58.9 Å². The molecule has 2 N–H and O–H groups in total. The molecule has 0 aliphatic carbocycles. The molecule has 0 saturated heterocycles. The number of nitriles is 1. The maximum atomic E-state index is 15.5. The Bertz CT molecular complexity index is 1680. The number of anilines is 2. The minimum absolute atomic E-state index is 0.150. The van der Waals surface area contributed by atoms with E-state index in [0.717, 1.165) is 17.0 Å². The van der Waals surface area contributed by atoms with E-state index < -0.39 is 55.5 Å². The number of aromatic nitrogens is 2. The molecule has 2 amide bonds. The number of amides is 2. The molecule has 0 spiro atoms. The van der Waals surface area contributed by atoms with Crippen LogP contribution in [0.2, 0.25) is 5.02 Å². The summed E-state index contributed by atoms with van der Waals surface area (Å²) in [5, 5.41) is 22.4. The molecule has 0 fully saturated rings. The highest BCUT2D eigenvalue weighted by atomic mass is 35.5. The summed E-state index contributed by atoms with van der Waals surface area (Å²) in [6.45, 7) is 7.82. The first-order valence-electron chi connectivity index (χ1n) is 12.6. The number of sulfone groups is 1. The SMILES string of the molecule is CC(C)(C#N)Nc1nnc(-c2cc3c(cc2F)S(=O)(=O)C[C@H](NC(=O)OC(C)(C)C)C(=O)N3Cc2ccc(Cl)cc2)o1. The van der Waals surface area contributed by atoms with Crippen molar-refractivity contribution in [3.63, 3.8) is 0 Å². The quantitative estimate of drug-likeness (QED) is 0.402. The van der Waals surface area contributed by atoms with E-state index in [2.05, 4.69) is 20.8 Å². The van der Waals surface area contributed by atoms with Crippen LogP contribution >= 0.6 is 11.6 Å². The number of nitrogens with zero attached hydrogens (tertiary/aromatic N) is 4. The molecule has 2 heterocycles. The van der Waals surface area contributed by atoms with Gasteiger partial charge in [-0.2, -0.15) is 5.26 Å². The number of halogens is 2. The molecule has 3 aromatic rings. The van der Waals surface area contributed by atoms with Crippen molar-refractivity contribution in [2.75, 3.05) is 16.0 Å². The summed E-state index contributed by atoms with van der Waals surface area (Å²) in [4.78, 5) is 27.1. The summed E-state index contributed by atoms with van der Waals surface area (Å²) in [7, 11) is -4.33. The molecule has 1 aromatic heterocycles. The van der Waals surface area contributed by atoms with Crippen LogP contribution in [0.3, 0.4) is 0 Å². The van der Waals surface area contributed by atoms with Crippen LogP contribution < -0.4 is 15.5 Å². The van der Waals surface area contributed by atoms with E-state index in [4.69, 9.17) is 20.8 Å². The second-order valence-corrected chi connectivity index (χ2v) is 13.5. The number of rotatable bonds is 6. The van der Waals surface area contributed by atoms with E-state index in [9.17, 15) is 23.3 Å². The maximum Gasteiger partial charge on any atom is 0.408 e. The lowest BCUT2D eigenvalue weighted by Gasteiger charge is -2.27. The first-order chi connectivity index (χ1) is 19.5. The van der Waals surface area contributed by atoms with Gasteiger partial charge in [-0.1, -0.05) is 28.8 Å². The third kappa shape index (κ3) is 6.97. The Balaban J connectivity index is 1.82. The molecular formula is C27H28ClFN6O6S. The average molecular weight is 619 g/mol. The van der Waals surface area contributed by atoms with Gasteiger partial charge in [0.05, 0.1) is 34.5 Å². The Labute approximate surface area is 246 Å². The Morgan fingerprint density at radius 3 is 2.50 bits per heavy atom. The third-order valence-electron chi connectivity index (χ3n) is 5.92. The molecule has 222 valence electrons. The second kappa shape index (κ2) is 11.2. The van der Waals surface area contributed by atoms with Crippen LogP contribution in [-0.2, 0) is 25.9 Å². The summed E-state index contributed by atoms with van der Waals surface area (Å²) < 4.78 is 53.2. The van der Waals surface area contributed by atoms with Crippen molar-refractivity contribution >= 4 is 45.1 Å². The number of hydrogen-bond donors (Lipinski definition) is 2. The lowest BCUT2D eigenvalue weighted by atomic mass is 10.1. The molecule has 15 heteroatoms. The number of carbonyl (C=O) groups is 2. The van der Waals surface area contributed by atoms with Gasteiger partial charge in [0.1, 0.15) is 23.0 Å². The minimum Gasteiger partial charge on any atom is -0.444 e. The van der Waals surface area contributed by atoms with Crippen LogP contribution in [0.25, 0.3) is 11.5 Å². The number of hydrogen-bond acceptors (Lipinski definition) is 10. The van der Waals surface area contributed by atoms with Gasteiger partial charge in [-0.05, 0) is 64.4 Å². The van der Waals surface area contributed by atoms with E-state index in [1.807, 2.05) is 6.07 Å². The smallest absolute Gasteiger partial charge is 0.408 e. The Morgan fingerprint density at radius 2 is 1.88 bits per heavy atom. The summed E-state index contributed by atoms with van der Waals surface area (Å²) in [6.07, 6.45) is -0.994. The van der Waals surface area contributed by atoms with Crippen LogP contribution in [0.15, 0.2) is 45.7 Å². The molecule has 1 aliphatic heterocycles. The third-order valence-corrected chi connectivity index (χ3v) is 7.95. The lowest BCUT2D eigenvalue weighted by molar-refractivity contribution is -0.120. The van der Waals surface area contributed by atoms with Gasteiger partial charge in [0.25, 0.3) is 11.8 Å². The second-order valence-electron chi connectivity index (χ2n) is 11.1. The van der Waals surface area contributed by atoms with Crippen molar-refractivity contribution in [2.24, 2.45) is 0 Å². The number of alkyl carbamates (subject to hydrolysis) is 1. The van der Waals surface area contributed by atoms with Gasteiger partial charge in [0, 0.05) is 5.02 Å². The van der Waals surface area contributed by atoms with Crippen molar-refractivity contribution in [1.29, 1.82) is 5.26 Å². The lowest BCUT2D eigenvalue weighted by Crippen LogP contribution is -2.51. The largest absolute Gasteiger partial charge is 0.444 e. The van der Waals surface area contributed by atoms with E-state index in [1.165, 1.54) is 0 Å². The topological polar surface area (TPSA) is 168 Å². The van der Waals surface area contributed by atoms with Crippen molar-refractivity contribution in [3.05, 3.63) is 52.8 Å². The molecule has 12 nitrogen and oxygen atoms in total. The number of fused-ring (bicyclic) bond motifs is 1. The van der Waals surface area contributed by atoms with Gasteiger partial charge in [-0.25, -0.2) is 17.6 Å². The zero-order valence-corrected chi connectivity index (χ0v) is 24.9. The van der Waals surface area contributed by atoms with Gasteiger partial charge in [-0.3, -0.25) is 4.79 Å². The van der Waals surface area contributed by atoms with Gasteiger partial charge in [0.2, 0.25) is 0 Å². The maximum absolute atomic E-state index is 15.5. The molecule has 0 bridgehead atoms. The van der Waals surface area contributed by atoms with Gasteiger partial charge < -0.3 is 24.7 Å². The zero-order chi connectivity index (χ0) is 31.0. The molecular weight excluding hydrogens is 591 g/mol. The monoisotopic (exact) mass is 618 g/mol. The average Bonchev–Trinajstić information content (AvgIpc) is 3.31. The summed E-state index contributed by atoms with van der Waals surface area (Å²) in [6, 6.07) is 8.65. The van der Waals surface area contributed by atoms with Crippen LogP contribution in [0.4, 0.5) is 20.9 Å². The number of ether oxygens (including phenoxy) is 1. The van der Waals surface area contributed by atoms with Gasteiger partial charge in [-0.15, -0.1) is 5.10 Å². The highest BCUT2D eigenvalue weighted by Gasteiger charge is 2.40. The van der Waals surface area contributed by atoms with Gasteiger partial charge >= 0.3 is 12.1 Å². The fraction of sp³-hybridized carbons (Fsp3) is 0.370. The Kier molecular flexibility index (Phi) is 8.21. The van der Waals surface area contributed by atoms with Crippen molar-refractivity contribution in [1.82, 2.24) is 15.5 Å². The molecule has 4 rings (SSSR count). The van der Waals surface area contributed by atoms with Crippen molar-refractivity contribution in [2.45, 2.75) is 63.2 Å². The molecule has 0 unspecified atom stereocenters. The van der Waals surface area contributed by atoms with Crippen molar-refractivity contribution < 1.29 is 31.6 Å². The molecule has 1 atom stereocenters.